The molecule has 0 radical (unpaired) electrons. The summed E-state index contributed by atoms with van der Waals surface area (Å²) in [7, 11) is -3.24. The quantitative estimate of drug-likeness (QED) is 0.920. The topological polar surface area (TPSA) is 54.4 Å². The number of hydrogen-bond acceptors (Lipinski definition) is 3. The first-order chi connectivity index (χ1) is 9.79. The van der Waals surface area contributed by atoms with Crippen LogP contribution in [0, 0.1) is 0 Å². The first-order valence-corrected chi connectivity index (χ1v) is 8.85. The van der Waals surface area contributed by atoms with Crippen molar-refractivity contribution < 1.29 is 13.5 Å². The first kappa shape index (κ1) is 16.3. The molecular weight excluding hydrogens is 331 g/mol. The van der Waals surface area contributed by atoms with Gasteiger partial charge in [-0.15, -0.1) is 0 Å². The zero-order valence-corrected chi connectivity index (χ0v) is 13.6. The van der Waals surface area contributed by atoms with Crippen LogP contribution in [-0.4, -0.2) is 19.8 Å². The lowest BCUT2D eigenvalue weighted by Crippen LogP contribution is -2.03. The van der Waals surface area contributed by atoms with E-state index in [1.165, 1.54) is 12.1 Å². The van der Waals surface area contributed by atoms with Crippen molar-refractivity contribution in [1.29, 1.82) is 0 Å². The lowest BCUT2D eigenvalue weighted by molar-refractivity contribution is 0.178. The van der Waals surface area contributed by atoms with Gasteiger partial charge in [-0.25, -0.2) is 8.42 Å². The van der Waals surface area contributed by atoms with E-state index >= 15 is 0 Å². The summed E-state index contributed by atoms with van der Waals surface area (Å²) < 4.78 is 22.8. The Morgan fingerprint density at radius 2 is 1.71 bits per heavy atom. The predicted octanol–water partition coefficient (Wildman–Crippen LogP) is 3.67. The summed E-state index contributed by atoms with van der Waals surface area (Å²) >= 11 is 12.0. The van der Waals surface area contributed by atoms with Gasteiger partial charge >= 0.3 is 0 Å². The molecule has 112 valence electrons. The Morgan fingerprint density at radius 3 is 2.29 bits per heavy atom. The fraction of sp³-hybridized carbons (Fsp3) is 0.200. The van der Waals surface area contributed by atoms with Gasteiger partial charge in [-0.05, 0) is 29.3 Å². The average molecular weight is 345 g/mol. The van der Waals surface area contributed by atoms with E-state index in [1.54, 1.807) is 30.3 Å². The van der Waals surface area contributed by atoms with Gasteiger partial charge in [-0.1, -0.05) is 47.5 Å². The second-order valence-electron chi connectivity index (χ2n) is 4.77. The van der Waals surface area contributed by atoms with Gasteiger partial charge in [-0.3, -0.25) is 0 Å². The van der Waals surface area contributed by atoms with Gasteiger partial charge in [0.2, 0.25) is 0 Å². The Balaban J connectivity index is 2.21. The molecule has 0 saturated carbocycles. The number of aliphatic hydroxyl groups excluding tert-OH is 1. The molecule has 2 rings (SSSR count). The standard InChI is InChI=1S/C15H14Cl2O3S/c1-21(19,20)12-7-5-10(6-8-12)14(18)9-11-3-2-4-13(16)15(11)17/h2-8,14,18H,9H2,1H3. The zero-order valence-electron chi connectivity index (χ0n) is 11.3. The molecule has 0 aliphatic heterocycles. The Morgan fingerprint density at radius 1 is 1.10 bits per heavy atom. The van der Waals surface area contributed by atoms with Gasteiger partial charge in [0.25, 0.3) is 0 Å². The zero-order chi connectivity index (χ0) is 15.6. The molecule has 0 aliphatic carbocycles. The average Bonchev–Trinajstić information content (AvgIpc) is 2.43. The molecule has 1 atom stereocenters. The number of benzene rings is 2. The minimum Gasteiger partial charge on any atom is -0.388 e. The smallest absolute Gasteiger partial charge is 0.175 e. The van der Waals surface area contributed by atoms with Crippen molar-refractivity contribution in [3.8, 4) is 0 Å². The number of hydrogen-bond donors (Lipinski definition) is 1. The van der Waals surface area contributed by atoms with Gasteiger partial charge < -0.3 is 5.11 Å². The Hall–Kier alpha value is -1.07. The maximum Gasteiger partial charge on any atom is 0.175 e. The molecular formula is C15H14Cl2O3S. The molecule has 0 bridgehead atoms. The van der Waals surface area contributed by atoms with Crippen molar-refractivity contribution in [3.05, 3.63) is 63.6 Å². The van der Waals surface area contributed by atoms with E-state index in [9.17, 15) is 13.5 Å². The highest BCUT2D eigenvalue weighted by molar-refractivity contribution is 7.90. The second-order valence-corrected chi connectivity index (χ2v) is 7.57. The van der Waals surface area contributed by atoms with Gasteiger partial charge in [0.05, 0.1) is 21.0 Å². The first-order valence-electron chi connectivity index (χ1n) is 6.20. The summed E-state index contributed by atoms with van der Waals surface area (Å²) in [5, 5.41) is 11.1. The molecule has 0 heterocycles. The highest BCUT2D eigenvalue weighted by Gasteiger charge is 2.14. The van der Waals surface area contributed by atoms with Crippen LogP contribution in [0.25, 0.3) is 0 Å². The van der Waals surface area contributed by atoms with Gasteiger partial charge in [0.1, 0.15) is 0 Å². The maximum atomic E-state index is 11.4. The van der Waals surface area contributed by atoms with Gasteiger partial charge in [0, 0.05) is 12.7 Å². The molecule has 1 unspecified atom stereocenters. The van der Waals surface area contributed by atoms with E-state index in [0.717, 1.165) is 11.8 Å². The number of sulfone groups is 1. The summed E-state index contributed by atoms with van der Waals surface area (Å²) in [6.07, 6.45) is 0.663. The van der Waals surface area contributed by atoms with Crippen LogP contribution in [0.4, 0.5) is 0 Å². The van der Waals surface area contributed by atoms with Crippen molar-refractivity contribution in [3.63, 3.8) is 0 Å². The van der Waals surface area contributed by atoms with E-state index < -0.39 is 15.9 Å². The van der Waals surface area contributed by atoms with Crippen molar-refractivity contribution in [2.45, 2.75) is 17.4 Å². The van der Waals surface area contributed by atoms with Crippen LogP contribution in [-0.2, 0) is 16.3 Å². The van der Waals surface area contributed by atoms with Crippen LogP contribution < -0.4 is 0 Å². The van der Waals surface area contributed by atoms with E-state index in [-0.39, 0.29) is 4.90 Å². The molecule has 0 saturated heterocycles. The second kappa shape index (κ2) is 6.36. The van der Waals surface area contributed by atoms with Crippen LogP contribution in [0.15, 0.2) is 47.4 Å². The molecule has 21 heavy (non-hydrogen) atoms. The van der Waals surface area contributed by atoms with Crippen molar-refractivity contribution in [2.75, 3.05) is 6.26 Å². The highest BCUT2D eigenvalue weighted by atomic mass is 35.5. The summed E-state index contributed by atoms with van der Waals surface area (Å²) in [5.41, 5.74) is 1.36. The highest BCUT2D eigenvalue weighted by Crippen LogP contribution is 2.29. The van der Waals surface area contributed by atoms with E-state index in [0.29, 0.717) is 22.0 Å². The summed E-state index contributed by atoms with van der Waals surface area (Å²) in [4.78, 5) is 0.222. The fourth-order valence-electron chi connectivity index (χ4n) is 1.97. The third-order valence-electron chi connectivity index (χ3n) is 3.14. The molecule has 2 aromatic rings. The van der Waals surface area contributed by atoms with Gasteiger partial charge in [-0.2, -0.15) is 0 Å². The minimum absolute atomic E-state index is 0.222. The molecule has 0 fully saturated rings. The van der Waals surface area contributed by atoms with Crippen LogP contribution >= 0.6 is 23.2 Å². The third kappa shape index (κ3) is 3.98. The monoisotopic (exact) mass is 344 g/mol. The number of halogens is 2. The Labute approximate surface area is 134 Å². The Kier molecular flexibility index (Phi) is 4.94. The normalized spacial score (nSPS) is 13.1. The van der Waals surface area contributed by atoms with Crippen LogP contribution in [0.1, 0.15) is 17.2 Å². The van der Waals surface area contributed by atoms with E-state index in [1.807, 2.05) is 0 Å². The summed E-state index contributed by atoms with van der Waals surface area (Å²) in [5.74, 6) is 0. The number of aliphatic hydroxyl groups is 1. The molecule has 0 amide bonds. The molecule has 6 heteroatoms. The molecule has 1 N–H and O–H groups in total. The molecule has 3 nitrogen and oxygen atoms in total. The minimum atomic E-state index is -3.24. The predicted molar refractivity (Wildman–Crippen MR) is 84.7 cm³/mol. The maximum absolute atomic E-state index is 11.4. The van der Waals surface area contributed by atoms with Crippen LogP contribution in [0.2, 0.25) is 10.0 Å². The Bertz CT molecular complexity index is 740. The van der Waals surface area contributed by atoms with Crippen LogP contribution in [0.3, 0.4) is 0 Å². The summed E-state index contributed by atoms with van der Waals surface area (Å²) in [6.45, 7) is 0. The third-order valence-corrected chi connectivity index (χ3v) is 5.12. The van der Waals surface area contributed by atoms with E-state index in [4.69, 9.17) is 23.2 Å². The molecule has 0 spiro atoms. The van der Waals surface area contributed by atoms with Crippen molar-refractivity contribution >= 4 is 33.0 Å². The molecule has 0 aliphatic rings. The molecule has 2 aromatic carbocycles. The summed E-state index contributed by atoms with van der Waals surface area (Å²) in [6, 6.07) is 11.4. The largest absolute Gasteiger partial charge is 0.388 e. The van der Waals surface area contributed by atoms with Gasteiger partial charge in [0.15, 0.2) is 9.84 Å². The fourth-order valence-corrected chi connectivity index (χ4v) is 3.00. The lowest BCUT2D eigenvalue weighted by Gasteiger charge is -2.13. The van der Waals surface area contributed by atoms with Crippen molar-refractivity contribution in [2.24, 2.45) is 0 Å². The molecule has 0 aromatic heterocycles. The van der Waals surface area contributed by atoms with Crippen LogP contribution in [0.5, 0.6) is 0 Å². The lowest BCUT2D eigenvalue weighted by atomic mass is 10.0. The van der Waals surface area contributed by atoms with Crippen molar-refractivity contribution in [1.82, 2.24) is 0 Å². The van der Waals surface area contributed by atoms with E-state index in [2.05, 4.69) is 0 Å². The SMILES string of the molecule is CS(=O)(=O)c1ccc(C(O)Cc2cccc(Cl)c2Cl)cc1. The number of rotatable bonds is 4.